The summed E-state index contributed by atoms with van der Waals surface area (Å²) in [4.78, 5) is 16.2. The van der Waals surface area contributed by atoms with Crippen LogP contribution in [0.25, 0.3) is 0 Å². The quantitative estimate of drug-likeness (QED) is 0.919. The Morgan fingerprint density at radius 2 is 2.00 bits per heavy atom. The van der Waals surface area contributed by atoms with Gasteiger partial charge in [-0.1, -0.05) is 22.0 Å². The molecule has 18 heavy (non-hydrogen) atoms. The van der Waals surface area contributed by atoms with Gasteiger partial charge in [-0.25, -0.2) is 0 Å². The minimum absolute atomic E-state index is 0.112. The van der Waals surface area contributed by atoms with Gasteiger partial charge in [-0.2, -0.15) is 0 Å². The molecule has 0 spiro atoms. The van der Waals surface area contributed by atoms with E-state index >= 15 is 0 Å². The van der Waals surface area contributed by atoms with Gasteiger partial charge in [-0.05, 0) is 43.7 Å². The molecule has 0 saturated heterocycles. The first-order valence-corrected chi connectivity index (χ1v) is 6.36. The zero-order valence-electron chi connectivity index (χ0n) is 10.2. The number of nitrogens with zero attached hydrogens (tertiary/aromatic N) is 1. The van der Waals surface area contributed by atoms with Crippen molar-refractivity contribution in [2.24, 2.45) is 0 Å². The number of pyridine rings is 1. The molecule has 4 heteroatoms. The number of benzene rings is 1. The Hall–Kier alpha value is -1.68. The molecule has 1 heterocycles. The minimum Gasteiger partial charge on any atom is -0.322 e. The third-order valence-corrected chi connectivity index (χ3v) is 3.09. The summed E-state index contributed by atoms with van der Waals surface area (Å²) in [7, 11) is 0. The molecule has 0 saturated carbocycles. The fourth-order valence-corrected chi connectivity index (χ4v) is 2.02. The zero-order valence-corrected chi connectivity index (χ0v) is 11.8. The summed E-state index contributed by atoms with van der Waals surface area (Å²) in [5.41, 5.74) is 3.24. The van der Waals surface area contributed by atoms with Crippen molar-refractivity contribution in [3.8, 4) is 0 Å². The van der Waals surface area contributed by atoms with Gasteiger partial charge in [0.1, 0.15) is 0 Å². The summed E-state index contributed by atoms with van der Waals surface area (Å²) in [5.74, 6) is -0.112. The summed E-state index contributed by atoms with van der Waals surface area (Å²) in [6.07, 6.45) is 1.68. The number of hydrogen-bond donors (Lipinski definition) is 1. The summed E-state index contributed by atoms with van der Waals surface area (Å²) in [5, 5.41) is 2.87. The Morgan fingerprint density at radius 3 is 2.72 bits per heavy atom. The first-order valence-electron chi connectivity index (χ1n) is 5.56. The third kappa shape index (κ3) is 2.96. The van der Waals surface area contributed by atoms with E-state index < -0.39 is 0 Å². The monoisotopic (exact) mass is 304 g/mol. The molecule has 2 aromatic rings. The lowest BCUT2D eigenvalue weighted by Gasteiger charge is -2.08. The molecule has 0 aliphatic rings. The van der Waals surface area contributed by atoms with Crippen molar-refractivity contribution < 1.29 is 4.79 Å². The molecule has 1 N–H and O–H groups in total. The van der Waals surface area contributed by atoms with E-state index in [0.717, 1.165) is 21.4 Å². The van der Waals surface area contributed by atoms with Crippen LogP contribution in [-0.2, 0) is 0 Å². The lowest BCUT2D eigenvalue weighted by Crippen LogP contribution is -2.13. The Balaban J connectivity index is 2.24. The van der Waals surface area contributed by atoms with Crippen molar-refractivity contribution in [1.82, 2.24) is 4.98 Å². The molecule has 0 aliphatic carbocycles. The van der Waals surface area contributed by atoms with E-state index in [4.69, 9.17) is 0 Å². The molecular formula is C14H13BrN2O. The maximum absolute atomic E-state index is 12.1. The number of rotatable bonds is 2. The SMILES string of the molecule is Cc1cc(NC(=O)c2cc(Br)ccc2C)ccn1. The number of carbonyl (C=O) groups is 1. The number of halogens is 1. The zero-order chi connectivity index (χ0) is 13.1. The number of anilines is 1. The number of nitrogens with one attached hydrogen (secondary N) is 1. The van der Waals surface area contributed by atoms with Gasteiger partial charge in [-0.15, -0.1) is 0 Å². The second-order valence-corrected chi connectivity index (χ2v) is 5.01. The first kappa shape index (κ1) is 12.8. The van der Waals surface area contributed by atoms with Crippen LogP contribution in [0.2, 0.25) is 0 Å². The molecule has 0 bridgehead atoms. The average Bonchev–Trinajstić information content (AvgIpc) is 2.32. The standard InChI is InChI=1S/C14H13BrN2O/c1-9-3-4-11(15)8-13(9)14(18)17-12-5-6-16-10(2)7-12/h3-8H,1-2H3,(H,16,17,18). The summed E-state index contributed by atoms with van der Waals surface area (Å²) in [6, 6.07) is 9.27. The predicted molar refractivity (Wildman–Crippen MR) is 75.8 cm³/mol. The van der Waals surface area contributed by atoms with Crippen molar-refractivity contribution in [3.63, 3.8) is 0 Å². The number of hydrogen-bond acceptors (Lipinski definition) is 2. The lowest BCUT2D eigenvalue weighted by atomic mass is 10.1. The molecular weight excluding hydrogens is 292 g/mol. The highest BCUT2D eigenvalue weighted by Gasteiger charge is 2.09. The molecule has 1 amide bonds. The van der Waals surface area contributed by atoms with Gasteiger partial charge < -0.3 is 5.32 Å². The molecule has 0 atom stereocenters. The van der Waals surface area contributed by atoms with Crippen molar-refractivity contribution in [1.29, 1.82) is 0 Å². The van der Waals surface area contributed by atoms with E-state index in [-0.39, 0.29) is 5.91 Å². The van der Waals surface area contributed by atoms with Crippen LogP contribution in [-0.4, -0.2) is 10.9 Å². The van der Waals surface area contributed by atoms with Gasteiger partial charge in [0.25, 0.3) is 5.91 Å². The Labute approximate surface area is 114 Å². The Bertz CT molecular complexity index is 596. The largest absolute Gasteiger partial charge is 0.322 e. The van der Waals surface area contributed by atoms with Crippen LogP contribution < -0.4 is 5.32 Å². The fourth-order valence-electron chi connectivity index (χ4n) is 1.66. The van der Waals surface area contributed by atoms with Crippen molar-refractivity contribution >= 4 is 27.5 Å². The smallest absolute Gasteiger partial charge is 0.255 e. The van der Waals surface area contributed by atoms with Crippen LogP contribution in [0.3, 0.4) is 0 Å². The predicted octanol–water partition coefficient (Wildman–Crippen LogP) is 3.71. The van der Waals surface area contributed by atoms with Crippen LogP contribution in [0.1, 0.15) is 21.6 Å². The maximum Gasteiger partial charge on any atom is 0.255 e. The molecule has 0 unspecified atom stereocenters. The highest BCUT2D eigenvalue weighted by atomic mass is 79.9. The number of aryl methyl sites for hydroxylation is 2. The summed E-state index contributed by atoms with van der Waals surface area (Å²) >= 11 is 3.37. The second-order valence-electron chi connectivity index (χ2n) is 4.10. The molecule has 1 aromatic heterocycles. The Kier molecular flexibility index (Phi) is 3.77. The van der Waals surface area contributed by atoms with E-state index in [9.17, 15) is 4.79 Å². The molecule has 2 rings (SSSR count). The van der Waals surface area contributed by atoms with Gasteiger partial charge in [0, 0.05) is 27.6 Å². The van der Waals surface area contributed by atoms with E-state index in [1.165, 1.54) is 0 Å². The van der Waals surface area contributed by atoms with Gasteiger partial charge in [0.15, 0.2) is 0 Å². The molecule has 1 aromatic carbocycles. The molecule has 0 fully saturated rings. The van der Waals surface area contributed by atoms with Gasteiger partial charge in [0.2, 0.25) is 0 Å². The normalized spacial score (nSPS) is 10.2. The maximum atomic E-state index is 12.1. The topological polar surface area (TPSA) is 42.0 Å². The van der Waals surface area contributed by atoms with E-state index in [1.54, 1.807) is 12.3 Å². The average molecular weight is 305 g/mol. The van der Waals surface area contributed by atoms with Crippen LogP contribution in [0, 0.1) is 13.8 Å². The highest BCUT2D eigenvalue weighted by molar-refractivity contribution is 9.10. The molecule has 0 aliphatic heterocycles. The van der Waals surface area contributed by atoms with Crippen LogP contribution in [0.5, 0.6) is 0 Å². The fraction of sp³-hybridized carbons (Fsp3) is 0.143. The first-order chi connectivity index (χ1) is 8.56. The molecule has 3 nitrogen and oxygen atoms in total. The minimum atomic E-state index is -0.112. The molecule has 0 radical (unpaired) electrons. The van der Waals surface area contributed by atoms with Gasteiger partial charge in [0.05, 0.1) is 0 Å². The number of amides is 1. The van der Waals surface area contributed by atoms with Crippen molar-refractivity contribution in [3.05, 3.63) is 57.8 Å². The lowest BCUT2D eigenvalue weighted by molar-refractivity contribution is 0.102. The van der Waals surface area contributed by atoms with Crippen LogP contribution >= 0.6 is 15.9 Å². The summed E-state index contributed by atoms with van der Waals surface area (Å²) < 4.78 is 0.893. The van der Waals surface area contributed by atoms with E-state index in [1.807, 2.05) is 38.1 Å². The number of aromatic nitrogens is 1. The number of carbonyl (C=O) groups excluding carboxylic acids is 1. The van der Waals surface area contributed by atoms with E-state index in [2.05, 4.69) is 26.2 Å². The van der Waals surface area contributed by atoms with Crippen LogP contribution in [0.15, 0.2) is 41.0 Å². The van der Waals surface area contributed by atoms with Gasteiger partial charge >= 0.3 is 0 Å². The highest BCUT2D eigenvalue weighted by Crippen LogP contribution is 2.17. The van der Waals surface area contributed by atoms with Crippen LogP contribution in [0.4, 0.5) is 5.69 Å². The second kappa shape index (κ2) is 5.31. The summed E-state index contributed by atoms with van der Waals surface area (Å²) in [6.45, 7) is 3.80. The van der Waals surface area contributed by atoms with Crippen molar-refractivity contribution in [2.75, 3.05) is 5.32 Å². The third-order valence-electron chi connectivity index (χ3n) is 2.60. The van der Waals surface area contributed by atoms with Crippen molar-refractivity contribution in [2.45, 2.75) is 13.8 Å². The van der Waals surface area contributed by atoms with E-state index in [0.29, 0.717) is 5.56 Å². The Morgan fingerprint density at radius 1 is 1.22 bits per heavy atom. The molecule has 92 valence electrons. The van der Waals surface area contributed by atoms with Gasteiger partial charge in [-0.3, -0.25) is 9.78 Å².